The van der Waals surface area contributed by atoms with E-state index in [0.717, 1.165) is 25.9 Å². The van der Waals surface area contributed by atoms with E-state index in [9.17, 15) is 10.1 Å². The molecule has 0 amide bonds. The summed E-state index contributed by atoms with van der Waals surface area (Å²) in [5.74, 6) is 0. The van der Waals surface area contributed by atoms with Crippen molar-refractivity contribution in [2.24, 2.45) is 0 Å². The molecule has 1 rings (SSSR count). The number of nitrogens with one attached hydrogen (secondary N) is 2. The van der Waals surface area contributed by atoms with E-state index in [1.165, 1.54) is 0 Å². The number of nitrogens with zero attached hydrogens (tertiary/aromatic N) is 1. The molecule has 0 saturated heterocycles. The molecule has 0 spiro atoms. The van der Waals surface area contributed by atoms with Gasteiger partial charge in [0.25, 0.3) is 0 Å². The molecule has 21 heavy (non-hydrogen) atoms. The van der Waals surface area contributed by atoms with Crippen molar-refractivity contribution in [3.8, 4) is 0 Å². The zero-order valence-electron chi connectivity index (χ0n) is 12.9. The summed E-state index contributed by atoms with van der Waals surface area (Å²) in [6, 6.07) is 5.27. The van der Waals surface area contributed by atoms with Crippen LogP contribution < -0.4 is 10.6 Å². The van der Waals surface area contributed by atoms with Crippen molar-refractivity contribution in [3.63, 3.8) is 0 Å². The minimum absolute atomic E-state index is 0.0968. The highest BCUT2D eigenvalue weighted by Gasteiger charge is 2.18. The van der Waals surface area contributed by atoms with E-state index in [2.05, 4.69) is 17.6 Å². The van der Waals surface area contributed by atoms with Crippen LogP contribution in [0.4, 0.5) is 17.1 Å². The normalized spacial score (nSPS) is 10.4. The molecule has 0 aliphatic rings. The Morgan fingerprint density at radius 2 is 1.76 bits per heavy atom. The Kier molecular flexibility index (Phi) is 8.19. The number of unbranched alkanes of at least 4 members (excludes halogenated alkanes) is 1. The Morgan fingerprint density at radius 3 is 2.33 bits per heavy atom. The fourth-order valence-electron chi connectivity index (χ4n) is 1.89. The van der Waals surface area contributed by atoms with E-state index in [4.69, 9.17) is 4.74 Å². The molecule has 1 aromatic carbocycles. The maximum absolute atomic E-state index is 11.3. The molecule has 0 atom stereocenters. The van der Waals surface area contributed by atoms with Gasteiger partial charge in [-0.1, -0.05) is 26.3 Å². The Morgan fingerprint density at radius 1 is 1.10 bits per heavy atom. The van der Waals surface area contributed by atoms with Gasteiger partial charge in [0, 0.05) is 19.7 Å². The van der Waals surface area contributed by atoms with E-state index < -0.39 is 0 Å². The maximum Gasteiger partial charge on any atom is 0.315 e. The molecule has 0 aromatic heterocycles. The lowest BCUT2D eigenvalue weighted by Crippen LogP contribution is -2.12. The van der Waals surface area contributed by atoms with E-state index in [-0.39, 0.29) is 10.6 Å². The van der Waals surface area contributed by atoms with Crippen molar-refractivity contribution in [3.05, 3.63) is 28.3 Å². The number of nitro benzene ring substituents is 1. The fourth-order valence-corrected chi connectivity index (χ4v) is 1.89. The second kappa shape index (κ2) is 9.99. The van der Waals surface area contributed by atoms with Crippen LogP contribution in [0.2, 0.25) is 0 Å². The monoisotopic (exact) mass is 295 g/mol. The molecule has 0 unspecified atom stereocenters. The first-order valence-electron chi connectivity index (χ1n) is 7.53. The summed E-state index contributed by atoms with van der Waals surface area (Å²) in [6.07, 6.45) is 3.06. The first kappa shape index (κ1) is 17.2. The van der Waals surface area contributed by atoms with Gasteiger partial charge in [-0.3, -0.25) is 10.1 Å². The molecular formula is C15H25N3O3. The lowest BCUT2D eigenvalue weighted by Gasteiger charge is -2.11. The first-order valence-corrected chi connectivity index (χ1v) is 7.53. The van der Waals surface area contributed by atoms with Crippen LogP contribution in [0.5, 0.6) is 0 Å². The molecule has 2 N–H and O–H groups in total. The number of anilines is 2. The Hall–Kier alpha value is -1.82. The molecule has 6 nitrogen and oxygen atoms in total. The van der Waals surface area contributed by atoms with Crippen molar-refractivity contribution >= 4 is 17.1 Å². The predicted molar refractivity (Wildman–Crippen MR) is 86.1 cm³/mol. The van der Waals surface area contributed by atoms with Crippen molar-refractivity contribution in [2.45, 2.75) is 33.1 Å². The van der Waals surface area contributed by atoms with Crippen LogP contribution in [-0.4, -0.2) is 31.2 Å². The Bertz CT molecular complexity index is 438. The van der Waals surface area contributed by atoms with Crippen molar-refractivity contribution in [2.75, 3.05) is 36.9 Å². The number of ether oxygens (including phenoxy) is 1. The van der Waals surface area contributed by atoms with Gasteiger partial charge in [0.15, 0.2) is 0 Å². The van der Waals surface area contributed by atoms with Crippen LogP contribution in [-0.2, 0) is 4.74 Å². The van der Waals surface area contributed by atoms with Gasteiger partial charge in [-0.05, 0) is 25.0 Å². The quantitative estimate of drug-likeness (QED) is 0.370. The molecule has 6 heteroatoms. The van der Waals surface area contributed by atoms with E-state index >= 15 is 0 Å². The Labute approximate surface area is 126 Å². The van der Waals surface area contributed by atoms with Gasteiger partial charge in [-0.2, -0.15) is 0 Å². The highest BCUT2D eigenvalue weighted by atomic mass is 16.6. The van der Waals surface area contributed by atoms with Crippen LogP contribution in [0.1, 0.15) is 33.1 Å². The van der Waals surface area contributed by atoms with Gasteiger partial charge >= 0.3 is 5.69 Å². The third kappa shape index (κ3) is 5.99. The van der Waals surface area contributed by atoms with E-state index in [0.29, 0.717) is 31.1 Å². The largest absolute Gasteiger partial charge is 0.380 e. The average Bonchev–Trinajstić information content (AvgIpc) is 2.48. The lowest BCUT2D eigenvalue weighted by molar-refractivity contribution is -0.383. The third-order valence-corrected chi connectivity index (χ3v) is 2.99. The summed E-state index contributed by atoms with van der Waals surface area (Å²) in [5, 5.41) is 17.4. The summed E-state index contributed by atoms with van der Waals surface area (Å²) in [7, 11) is 0. The third-order valence-electron chi connectivity index (χ3n) is 2.99. The summed E-state index contributed by atoms with van der Waals surface area (Å²) in [4.78, 5) is 10.9. The SMILES string of the molecule is CCCCOCCNc1cccc(NCCC)c1[N+](=O)[O-]. The van der Waals surface area contributed by atoms with Gasteiger partial charge in [0.2, 0.25) is 0 Å². The number of benzene rings is 1. The van der Waals surface area contributed by atoms with Crippen molar-refractivity contribution in [1.29, 1.82) is 0 Å². The smallest absolute Gasteiger partial charge is 0.315 e. The highest BCUT2D eigenvalue weighted by Crippen LogP contribution is 2.32. The number of hydrogen-bond acceptors (Lipinski definition) is 5. The number of hydrogen-bond donors (Lipinski definition) is 2. The average molecular weight is 295 g/mol. The summed E-state index contributed by atoms with van der Waals surface area (Å²) in [5.41, 5.74) is 1.18. The fraction of sp³-hybridized carbons (Fsp3) is 0.600. The zero-order chi connectivity index (χ0) is 15.5. The molecular weight excluding hydrogens is 270 g/mol. The van der Waals surface area contributed by atoms with Gasteiger partial charge < -0.3 is 15.4 Å². The molecule has 0 radical (unpaired) electrons. The molecule has 1 aromatic rings. The highest BCUT2D eigenvalue weighted by molar-refractivity contribution is 5.76. The van der Waals surface area contributed by atoms with Gasteiger partial charge in [0.1, 0.15) is 11.4 Å². The topological polar surface area (TPSA) is 76.4 Å². The van der Waals surface area contributed by atoms with Crippen molar-refractivity contribution < 1.29 is 9.66 Å². The summed E-state index contributed by atoms with van der Waals surface area (Å²) >= 11 is 0. The molecule has 0 aliphatic carbocycles. The summed E-state index contributed by atoms with van der Waals surface area (Å²) in [6.45, 7) is 6.68. The maximum atomic E-state index is 11.3. The second-order valence-electron chi connectivity index (χ2n) is 4.78. The predicted octanol–water partition coefficient (Wildman–Crippen LogP) is 3.65. The van der Waals surface area contributed by atoms with E-state index in [1.54, 1.807) is 12.1 Å². The number of rotatable bonds is 11. The van der Waals surface area contributed by atoms with Gasteiger partial charge in [-0.15, -0.1) is 0 Å². The minimum Gasteiger partial charge on any atom is -0.380 e. The van der Waals surface area contributed by atoms with Gasteiger partial charge in [-0.25, -0.2) is 0 Å². The minimum atomic E-state index is -0.349. The van der Waals surface area contributed by atoms with E-state index in [1.807, 2.05) is 13.0 Å². The van der Waals surface area contributed by atoms with Crippen molar-refractivity contribution in [1.82, 2.24) is 0 Å². The van der Waals surface area contributed by atoms with Crippen LogP contribution >= 0.6 is 0 Å². The van der Waals surface area contributed by atoms with Crippen LogP contribution in [0.15, 0.2) is 18.2 Å². The molecule has 118 valence electrons. The van der Waals surface area contributed by atoms with Crippen LogP contribution in [0.3, 0.4) is 0 Å². The van der Waals surface area contributed by atoms with Crippen LogP contribution in [0.25, 0.3) is 0 Å². The first-order chi connectivity index (χ1) is 10.2. The standard InChI is InChI=1S/C15H25N3O3/c1-3-5-11-21-12-10-17-14-8-6-7-13(16-9-4-2)15(14)18(19)20/h6-8,16-17H,3-5,9-12H2,1-2H3. The molecule has 0 fully saturated rings. The Balaban J connectivity index is 2.61. The van der Waals surface area contributed by atoms with Gasteiger partial charge in [0.05, 0.1) is 11.5 Å². The zero-order valence-corrected chi connectivity index (χ0v) is 12.9. The second-order valence-corrected chi connectivity index (χ2v) is 4.78. The lowest BCUT2D eigenvalue weighted by atomic mass is 10.2. The molecule has 0 aliphatic heterocycles. The molecule has 0 heterocycles. The number of para-hydroxylation sites is 1. The molecule has 0 bridgehead atoms. The van der Waals surface area contributed by atoms with Crippen LogP contribution in [0, 0.1) is 10.1 Å². The molecule has 0 saturated carbocycles. The number of nitro groups is 1. The summed E-state index contributed by atoms with van der Waals surface area (Å²) < 4.78 is 5.44.